The van der Waals surface area contributed by atoms with Crippen molar-refractivity contribution in [3.63, 3.8) is 0 Å². The molecule has 3 aliphatic heterocycles. The highest BCUT2D eigenvalue weighted by Crippen LogP contribution is 2.42. The van der Waals surface area contributed by atoms with Gasteiger partial charge in [0.25, 0.3) is 5.91 Å². The number of hydrogen-bond acceptors (Lipinski definition) is 9. The lowest BCUT2D eigenvalue weighted by atomic mass is 9.87. The minimum absolute atomic E-state index is 0.0201. The van der Waals surface area contributed by atoms with Crippen LogP contribution < -0.4 is 18.9 Å². The van der Waals surface area contributed by atoms with Gasteiger partial charge >= 0.3 is 0 Å². The number of likely N-dealkylation sites (tertiary alicyclic amines) is 1. The molecule has 0 unspecified atom stereocenters. The zero-order valence-electron chi connectivity index (χ0n) is 24.6. The Bertz CT molecular complexity index is 1460. The molecule has 0 saturated carbocycles. The highest BCUT2D eigenvalue weighted by Gasteiger charge is 2.42. The zero-order valence-corrected chi connectivity index (χ0v) is 25.4. The lowest BCUT2D eigenvalue weighted by Gasteiger charge is -2.39. The summed E-state index contributed by atoms with van der Waals surface area (Å²) in [5.41, 5.74) is 2.12. The number of ether oxygens (including phenoxy) is 4. The number of rotatable bonds is 10. The molecule has 2 saturated heterocycles. The SMILES string of the molecule is COc1ccc(COc2ccc(C(=O)N3C[C@@H](O)CO3)c(OC[C@@H](O)CN3CCC4(CC3)Cc3cc(Cl)ccc3O4)c2)cc1. The van der Waals surface area contributed by atoms with Gasteiger partial charge in [-0.3, -0.25) is 9.63 Å². The fourth-order valence-electron chi connectivity index (χ4n) is 5.89. The van der Waals surface area contributed by atoms with E-state index in [9.17, 15) is 15.0 Å². The molecular weight excluding hydrogens is 588 g/mol. The Balaban J connectivity index is 1.06. The van der Waals surface area contributed by atoms with Crippen molar-refractivity contribution in [2.24, 2.45) is 0 Å². The first-order valence-electron chi connectivity index (χ1n) is 14.8. The van der Waals surface area contributed by atoms with Crippen molar-refractivity contribution < 1.29 is 38.8 Å². The summed E-state index contributed by atoms with van der Waals surface area (Å²) in [5, 5.41) is 22.6. The molecule has 2 atom stereocenters. The minimum Gasteiger partial charge on any atom is -0.497 e. The van der Waals surface area contributed by atoms with Gasteiger partial charge < -0.3 is 34.1 Å². The molecule has 1 amide bonds. The molecule has 0 bridgehead atoms. The molecule has 0 aliphatic carbocycles. The van der Waals surface area contributed by atoms with Crippen LogP contribution in [0, 0.1) is 0 Å². The highest BCUT2D eigenvalue weighted by molar-refractivity contribution is 6.30. The van der Waals surface area contributed by atoms with Gasteiger partial charge in [-0.2, -0.15) is 0 Å². The van der Waals surface area contributed by atoms with Crippen LogP contribution in [0.1, 0.15) is 34.3 Å². The summed E-state index contributed by atoms with van der Waals surface area (Å²) < 4.78 is 23.6. The van der Waals surface area contributed by atoms with Gasteiger partial charge in [0.15, 0.2) is 0 Å². The molecule has 44 heavy (non-hydrogen) atoms. The van der Waals surface area contributed by atoms with Crippen LogP contribution in [0.2, 0.25) is 5.02 Å². The van der Waals surface area contributed by atoms with Gasteiger partial charge in [0.2, 0.25) is 0 Å². The normalized spacial score (nSPS) is 19.8. The zero-order chi connectivity index (χ0) is 30.7. The predicted octanol–water partition coefficient (Wildman–Crippen LogP) is 3.89. The van der Waals surface area contributed by atoms with E-state index >= 15 is 0 Å². The maximum Gasteiger partial charge on any atom is 0.281 e. The minimum atomic E-state index is -0.791. The summed E-state index contributed by atoms with van der Waals surface area (Å²) >= 11 is 6.18. The number of halogens is 1. The topological polar surface area (TPSA) is 110 Å². The number of hydrogen-bond donors (Lipinski definition) is 2. The lowest BCUT2D eigenvalue weighted by Crippen LogP contribution is -2.49. The Hall–Kier alpha value is -3.54. The highest BCUT2D eigenvalue weighted by atomic mass is 35.5. The summed E-state index contributed by atoms with van der Waals surface area (Å²) in [4.78, 5) is 20.8. The van der Waals surface area contributed by atoms with Gasteiger partial charge in [-0.1, -0.05) is 23.7 Å². The van der Waals surface area contributed by atoms with E-state index in [-0.39, 0.29) is 36.7 Å². The van der Waals surface area contributed by atoms with E-state index < -0.39 is 18.1 Å². The number of nitrogens with zero attached hydrogens (tertiary/aromatic N) is 2. The molecule has 6 rings (SSSR count). The molecule has 0 aromatic heterocycles. The van der Waals surface area contributed by atoms with Crippen LogP contribution in [0.25, 0.3) is 0 Å². The first-order chi connectivity index (χ1) is 21.3. The van der Waals surface area contributed by atoms with Gasteiger partial charge in [-0.05, 0) is 53.6 Å². The third-order valence-electron chi connectivity index (χ3n) is 8.30. The molecule has 3 aromatic rings. The van der Waals surface area contributed by atoms with Crippen LogP contribution >= 0.6 is 11.6 Å². The number of piperidine rings is 1. The number of methoxy groups -OCH3 is 1. The van der Waals surface area contributed by atoms with Crippen LogP contribution in [0.3, 0.4) is 0 Å². The smallest absolute Gasteiger partial charge is 0.281 e. The van der Waals surface area contributed by atoms with E-state index in [1.807, 2.05) is 42.5 Å². The quantitative estimate of drug-likeness (QED) is 0.347. The summed E-state index contributed by atoms with van der Waals surface area (Å²) in [5.74, 6) is 2.00. The van der Waals surface area contributed by atoms with Gasteiger partial charge in [0.05, 0.1) is 19.2 Å². The molecule has 10 nitrogen and oxygen atoms in total. The molecule has 2 N–H and O–H groups in total. The lowest BCUT2D eigenvalue weighted by molar-refractivity contribution is -0.0781. The van der Waals surface area contributed by atoms with E-state index in [0.717, 1.165) is 65.1 Å². The van der Waals surface area contributed by atoms with Crippen molar-refractivity contribution in [2.75, 3.05) is 46.5 Å². The number of fused-ring (bicyclic) bond motifs is 1. The Kier molecular flexibility index (Phi) is 9.16. The molecule has 234 valence electrons. The van der Waals surface area contributed by atoms with E-state index in [1.165, 1.54) is 0 Å². The molecule has 3 aromatic carbocycles. The summed E-state index contributed by atoms with van der Waals surface area (Å²) in [7, 11) is 1.61. The molecular formula is C33H37ClN2O8. The van der Waals surface area contributed by atoms with E-state index in [1.54, 1.807) is 25.3 Å². The largest absolute Gasteiger partial charge is 0.497 e. The molecule has 1 spiro atoms. The Morgan fingerprint density at radius 3 is 2.57 bits per heavy atom. The summed E-state index contributed by atoms with van der Waals surface area (Å²) in [6, 6.07) is 18.3. The number of amides is 1. The van der Waals surface area contributed by atoms with Crippen LogP contribution in [-0.2, 0) is 17.9 Å². The first kappa shape index (κ1) is 30.5. The fraction of sp³-hybridized carbons (Fsp3) is 0.424. The Morgan fingerprint density at radius 2 is 1.84 bits per heavy atom. The maximum atomic E-state index is 13.2. The van der Waals surface area contributed by atoms with Crippen molar-refractivity contribution >= 4 is 17.5 Å². The third-order valence-corrected chi connectivity index (χ3v) is 8.54. The number of carbonyl (C=O) groups excluding carboxylic acids is 1. The third kappa shape index (κ3) is 7.06. The molecule has 0 radical (unpaired) electrons. The van der Waals surface area contributed by atoms with Crippen LogP contribution in [0.5, 0.6) is 23.0 Å². The number of β-amino-alcohol motifs (C(OH)–C–C–N with tert-alkyl or cyclic N) is 2. The fourth-order valence-corrected chi connectivity index (χ4v) is 6.08. The Labute approximate surface area is 261 Å². The van der Waals surface area contributed by atoms with Gasteiger partial charge in [-0.25, -0.2) is 5.06 Å². The Morgan fingerprint density at radius 1 is 1.07 bits per heavy atom. The van der Waals surface area contributed by atoms with Gasteiger partial charge in [0.1, 0.15) is 60.6 Å². The molecule has 3 aliphatic rings. The van der Waals surface area contributed by atoms with Crippen molar-refractivity contribution in [3.05, 3.63) is 82.4 Å². The molecule has 2 fully saturated rings. The number of aliphatic hydroxyl groups excluding tert-OH is 2. The van der Waals surface area contributed by atoms with Crippen molar-refractivity contribution in [1.82, 2.24) is 9.96 Å². The average molecular weight is 625 g/mol. The number of benzene rings is 3. The monoisotopic (exact) mass is 624 g/mol. The summed E-state index contributed by atoms with van der Waals surface area (Å²) in [6.07, 6.45) is 0.999. The first-order valence-corrected chi connectivity index (χ1v) is 15.2. The van der Waals surface area contributed by atoms with Crippen LogP contribution in [0.4, 0.5) is 0 Å². The van der Waals surface area contributed by atoms with Gasteiger partial charge in [-0.15, -0.1) is 0 Å². The van der Waals surface area contributed by atoms with Crippen molar-refractivity contribution in [2.45, 2.75) is 43.7 Å². The van der Waals surface area contributed by atoms with E-state index in [0.29, 0.717) is 18.9 Å². The van der Waals surface area contributed by atoms with E-state index in [4.69, 9.17) is 35.4 Å². The maximum absolute atomic E-state index is 13.2. The second-order valence-corrected chi connectivity index (χ2v) is 12.0. The second kappa shape index (κ2) is 13.2. The molecule has 3 heterocycles. The number of hydroxylamine groups is 2. The standard InChI is InChI=1S/C33H37ClN2O8/c1-40-27-5-2-22(3-6-27)19-41-28-7-8-29(32(39)36-18-26(38)21-43-36)31(15-28)42-20-25(37)17-35-12-10-33(11-13-35)16-23-14-24(34)4-9-30(23)44-33/h2-9,14-15,25-26,37-38H,10-13,16-21H2,1H3/t25-,26+/m0/s1. The van der Waals surface area contributed by atoms with Crippen molar-refractivity contribution in [3.8, 4) is 23.0 Å². The second-order valence-electron chi connectivity index (χ2n) is 11.6. The van der Waals surface area contributed by atoms with Crippen molar-refractivity contribution in [1.29, 1.82) is 0 Å². The number of aliphatic hydroxyl groups is 2. The van der Waals surface area contributed by atoms with Gasteiger partial charge in [0, 0.05) is 50.0 Å². The van der Waals surface area contributed by atoms with Crippen LogP contribution in [-0.4, -0.2) is 90.4 Å². The summed E-state index contributed by atoms with van der Waals surface area (Å²) in [6.45, 7) is 2.39. The van der Waals surface area contributed by atoms with Crippen LogP contribution in [0.15, 0.2) is 60.7 Å². The number of carbonyl (C=O) groups is 1. The average Bonchev–Trinajstić information content (AvgIpc) is 3.63. The molecule has 11 heteroatoms. The van der Waals surface area contributed by atoms with E-state index in [2.05, 4.69) is 4.90 Å². The predicted molar refractivity (Wildman–Crippen MR) is 162 cm³/mol.